The van der Waals surface area contributed by atoms with Crippen molar-refractivity contribution in [1.29, 1.82) is 0 Å². The summed E-state index contributed by atoms with van der Waals surface area (Å²) in [5.74, 6) is -1.13. The molecule has 0 aliphatic carbocycles. The lowest BCUT2D eigenvalue weighted by Crippen LogP contribution is -2.29. The first-order valence-electron chi connectivity index (χ1n) is 3.84. The molecule has 8 heteroatoms. The predicted octanol–water partition coefficient (Wildman–Crippen LogP) is -0.560. The molecule has 15 heavy (non-hydrogen) atoms. The Hall–Kier alpha value is -1.54. The maximum absolute atomic E-state index is 11.2. The van der Waals surface area contributed by atoms with E-state index in [0.29, 0.717) is 4.47 Å². The van der Waals surface area contributed by atoms with Crippen LogP contribution in [0.25, 0.3) is 0 Å². The van der Waals surface area contributed by atoms with Crippen LogP contribution in [0.3, 0.4) is 0 Å². The average molecular weight is 231 g/mol. The van der Waals surface area contributed by atoms with Crippen LogP contribution in [0.15, 0.2) is 18.5 Å². The topological polar surface area (TPSA) is 89.5 Å². The van der Waals surface area contributed by atoms with E-state index in [9.17, 15) is 13.2 Å². The van der Waals surface area contributed by atoms with E-state index in [4.69, 9.17) is 0 Å². The Labute approximate surface area is 86.7 Å². The van der Waals surface area contributed by atoms with Gasteiger partial charge in [-0.1, -0.05) is 0 Å². The molecule has 1 rings (SSSR count). The van der Waals surface area contributed by atoms with Crippen molar-refractivity contribution in [3.63, 3.8) is 0 Å². The van der Waals surface area contributed by atoms with Crippen LogP contribution >= 0.6 is 0 Å². The van der Waals surface area contributed by atoms with E-state index in [2.05, 4.69) is 14.8 Å². The largest absolute Gasteiger partial charge is 0.396 e. The number of nitrogens with zero attached hydrogens (tertiary/aromatic N) is 3. The van der Waals surface area contributed by atoms with E-state index in [1.165, 1.54) is 18.5 Å². The molecule has 0 aliphatic heterocycles. The average Bonchev–Trinajstić information content (AvgIpc) is 2.17. The van der Waals surface area contributed by atoms with E-state index in [-0.39, 0.29) is 5.82 Å². The third kappa shape index (κ3) is 3.26. The third-order valence-corrected chi connectivity index (χ3v) is 2.44. The van der Waals surface area contributed by atoms with Crippen molar-refractivity contribution < 1.29 is 18.0 Å². The first-order chi connectivity index (χ1) is 6.91. The van der Waals surface area contributed by atoms with Crippen molar-refractivity contribution in [3.8, 4) is 0 Å². The lowest BCUT2D eigenvalue weighted by Gasteiger charge is -2.11. The van der Waals surface area contributed by atoms with Gasteiger partial charge in [0.05, 0.1) is 6.26 Å². The molecular formula is C7H9N3O4S. The van der Waals surface area contributed by atoms with Gasteiger partial charge in [0, 0.05) is 19.4 Å². The molecule has 0 aliphatic rings. The number of hydroxylamine groups is 1. The Balaban J connectivity index is 2.74. The summed E-state index contributed by atoms with van der Waals surface area (Å²) in [6, 6.07) is 1.52. The number of carbonyl (C=O) groups excluding carboxylic acids is 1. The fourth-order valence-corrected chi connectivity index (χ4v) is 0.833. The van der Waals surface area contributed by atoms with Gasteiger partial charge in [-0.3, -0.25) is 0 Å². The van der Waals surface area contributed by atoms with Gasteiger partial charge in [0.1, 0.15) is 0 Å². The minimum atomic E-state index is -3.57. The molecule has 1 aromatic heterocycles. The highest BCUT2D eigenvalue weighted by Crippen LogP contribution is 1.99. The van der Waals surface area contributed by atoms with E-state index in [0.717, 1.165) is 13.3 Å². The molecule has 0 N–H and O–H groups in total. The van der Waals surface area contributed by atoms with Gasteiger partial charge in [-0.25, -0.2) is 23.2 Å². The standard InChI is InChI=1S/C7H9N3O4S/c1-10(15(2,12)13)14-7(11)6-8-4-3-5-9-6/h3-5H,1-2H3. The van der Waals surface area contributed by atoms with Crippen molar-refractivity contribution in [2.75, 3.05) is 13.3 Å². The smallest absolute Gasteiger partial charge is 0.346 e. The zero-order valence-electron chi connectivity index (χ0n) is 8.11. The predicted molar refractivity (Wildman–Crippen MR) is 50.1 cm³/mol. The highest BCUT2D eigenvalue weighted by atomic mass is 32.2. The van der Waals surface area contributed by atoms with Gasteiger partial charge in [-0.05, 0) is 10.5 Å². The van der Waals surface area contributed by atoms with Crippen molar-refractivity contribution >= 4 is 16.0 Å². The van der Waals surface area contributed by atoms with Crippen LogP contribution < -0.4 is 0 Å². The Kier molecular flexibility index (Phi) is 3.32. The zero-order chi connectivity index (χ0) is 11.5. The van der Waals surface area contributed by atoms with Gasteiger partial charge >= 0.3 is 5.97 Å². The number of hydrogen-bond acceptors (Lipinski definition) is 6. The molecule has 1 heterocycles. The van der Waals surface area contributed by atoms with Gasteiger partial charge in [0.2, 0.25) is 15.8 Å². The van der Waals surface area contributed by atoms with Gasteiger partial charge in [-0.15, -0.1) is 0 Å². The van der Waals surface area contributed by atoms with E-state index in [1.54, 1.807) is 0 Å². The number of carbonyl (C=O) groups is 1. The second kappa shape index (κ2) is 4.32. The van der Waals surface area contributed by atoms with E-state index >= 15 is 0 Å². The summed E-state index contributed by atoms with van der Waals surface area (Å²) >= 11 is 0. The molecule has 0 aromatic carbocycles. The van der Waals surface area contributed by atoms with Crippen LogP contribution in [-0.2, 0) is 14.9 Å². The molecule has 0 unspecified atom stereocenters. The third-order valence-electron chi connectivity index (χ3n) is 1.43. The second-order valence-corrected chi connectivity index (χ2v) is 4.60. The molecule has 0 radical (unpaired) electrons. The molecule has 0 spiro atoms. The van der Waals surface area contributed by atoms with Gasteiger partial charge in [-0.2, -0.15) is 0 Å². The highest BCUT2D eigenvalue weighted by molar-refractivity contribution is 7.88. The molecule has 0 fully saturated rings. The normalized spacial score (nSPS) is 11.4. The summed E-state index contributed by atoms with van der Waals surface area (Å²) in [5, 5.41) is 0. The number of hydrogen-bond donors (Lipinski definition) is 0. The summed E-state index contributed by atoms with van der Waals surface area (Å²) in [6.45, 7) is 0. The SMILES string of the molecule is CN(OC(=O)c1ncccn1)S(C)(=O)=O. The first-order valence-corrected chi connectivity index (χ1v) is 5.69. The van der Waals surface area contributed by atoms with Crippen LogP contribution in [0.2, 0.25) is 0 Å². The van der Waals surface area contributed by atoms with Crippen molar-refractivity contribution in [1.82, 2.24) is 14.4 Å². The Morgan fingerprint density at radius 2 is 1.93 bits per heavy atom. The quantitative estimate of drug-likeness (QED) is 0.648. The van der Waals surface area contributed by atoms with Crippen LogP contribution in [-0.4, -0.2) is 42.1 Å². The maximum Gasteiger partial charge on any atom is 0.396 e. The van der Waals surface area contributed by atoms with E-state index in [1.807, 2.05) is 0 Å². The van der Waals surface area contributed by atoms with Crippen LogP contribution in [0.1, 0.15) is 10.6 Å². The maximum atomic E-state index is 11.2. The summed E-state index contributed by atoms with van der Waals surface area (Å²) < 4.78 is 22.3. The molecule has 0 saturated carbocycles. The van der Waals surface area contributed by atoms with Crippen LogP contribution in [0.4, 0.5) is 0 Å². The number of aromatic nitrogens is 2. The minimum Gasteiger partial charge on any atom is -0.346 e. The van der Waals surface area contributed by atoms with Gasteiger partial charge in [0.25, 0.3) is 0 Å². The second-order valence-electron chi connectivity index (χ2n) is 2.62. The fraction of sp³-hybridized carbons (Fsp3) is 0.286. The van der Waals surface area contributed by atoms with Crippen LogP contribution in [0.5, 0.6) is 0 Å². The molecular weight excluding hydrogens is 222 g/mol. The summed E-state index contributed by atoms with van der Waals surface area (Å²) in [7, 11) is -2.46. The zero-order valence-corrected chi connectivity index (χ0v) is 8.93. The molecule has 0 amide bonds. The molecule has 1 aromatic rings. The lowest BCUT2D eigenvalue weighted by atomic mass is 10.6. The van der Waals surface area contributed by atoms with Gasteiger partial charge < -0.3 is 4.84 Å². The molecule has 7 nitrogen and oxygen atoms in total. The number of sulfonamides is 1. The molecule has 0 saturated heterocycles. The monoisotopic (exact) mass is 231 g/mol. The van der Waals surface area contributed by atoms with Crippen molar-refractivity contribution in [2.45, 2.75) is 0 Å². The molecule has 82 valence electrons. The Bertz CT molecular complexity index is 445. The molecule has 0 bridgehead atoms. The van der Waals surface area contributed by atoms with Crippen molar-refractivity contribution in [3.05, 3.63) is 24.3 Å². The highest BCUT2D eigenvalue weighted by Gasteiger charge is 2.19. The van der Waals surface area contributed by atoms with Crippen molar-refractivity contribution in [2.24, 2.45) is 0 Å². The van der Waals surface area contributed by atoms with E-state index < -0.39 is 16.0 Å². The molecule has 0 atom stereocenters. The first kappa shape index (κ1) is 11.5. The lowest BCUT2D eigenvalue weighted by molar-refractivity contribution is -0.0303. The fourth-order valence-electron chi connectivity index (χ4n) is 0.630. The van der Waals surface area contributed by atoms with Crippen LogP contribution in [0, 0.1) is 0 Å². The minimum absolute atomic E-state index is 0.201. The van der Waals surface area contributed by atoms with Gasteiger partial charge in [0.15, 0.2) is 0 Å². The Morgan fingerprint density at radius 1 is 1.40 bits per heavy atom. The Morgan fingerprint density at radius 3 is 2.40 bits per heavy atom. The number of rotatable bonds is 3. The summed E-state index contributed by atoms with van der Waals surface area (Å²) in [6.07, 6.45) is 3.61. The summed E-state index contributed by atoms with van der Waals surface area (Å²) in [4.78, 5) is 22.9. The summed E-state index contributed by atoms with van der Waals surface area (Å²) in [5.41, 5.74) is 0.